The second-order valence-electron chi connectivity index (χ2n) is 8.98. The smallest absolute Gasteiger partial charge is 0.0260 e. The molecule has 9 rings (SSSR count). The Morgan fingerprint density at radius 1 is 0.355 bits per heavy atom. The second-order valence-corrected chi connectivity index (χ2v) is 9.83. The lowest BCUT2D eigenvalue weighted by Gasteiger charge is -2.11. The summed E-state index contributed by atoms with van der Waals surface area (Å²) in [6, 6.07) is 29.8. The monoisotopic (exact) mass is 452 g/mol. The average molecular weight is 453 g/mol. The van der Waals surface area contributed by atoms with Crippen LogP contribution >= 0.6 is 15.9 Å². The highest BCUT2D eigenvalue weighted by Gasteiger charge is 2.26. The molecule has 0 saturated carbocycles. The van der Waals surface area contributed by atoms with Crippen LogP contribution < -0.4 is 0 Å². The van der Waals surface area contributed by atoms with Gasteiger partial charge in [-0.2, -0.15) is 0 Å². The molecule has 1 heteroatoms. The Labute approximate surface area is 185 Å². The zero-order valence-corrected chi connectivity index (χ0v) is 18.0. The number of benzene rings is 5. The lowest BCUT2D eigenvalue weighted by atomic mass is 9.93. The summed E-state index contributed by atoms with van der Waals surface area (Å²) < 4.78 is 1.18. The van der Waals surface area contributed by atoms with Crippen LogP contribution in [0.3, 0.4) is 0 Å². The van der Waals surface area contributed by atoms with Gasteiger partial charge in [-0.15, -0.1) is 0 Å². The molecule has 31 heavy (non-hydrogen) atoms. The molecule has 9 aromatic carbocycles. The number of hydrogen-bond donors (Lipinski definition) is 0. The maximum atomic E-state index is 3.95. The highest BCUT2D eigenvalue weighted by molar-refractivity contribution is 9.10. The zero-order valence-electron chi connectivity index (χ0n) is 16.4. The molecular formula is C30H13Br. The Morgan fingerprint density at radius 2 is 0.839 bits per heavy atom. The molecule has 0 bridgehead atoms. The van der Waals surface area contributed by atoms with Crippen molar-refractivity contribution >= 4 is 102 Å². The van der Waals surface area contributed by atoms with Crippen LogP contribution in [0.15, 0.2) is 83.3 Å². The zero-order chi connectivity index (χ0) is 20.0. The van der Waals surface area contributed by atoms with Crippen molar-refractivity contribution in [2.75, 3.05) is 0 Å². The number of fused-ring (bicyclic) bond motifs is 2. The van der Waals surface area contributed by atoms with Crippen LogP contribution in [0, 0.1) is 0 Å². The first-order valence-corrected chi connectivity index (χ1v) is 11.5. The van der Waals surface area contributed by atoms with Gasteiger partial charge in [-0.05, 0) is 92.2 Å². The van der Waals surface area contributed by atoms with Crippen LogP contribution in [-0.4, -0.2) is 0 Å². The van der Waals surface area contributed by atoms with Gasteiger partial charge in [0.25, 0.3) is 0 Å². The standard InChI is InChI=1S/C30H13Br/c31-22-13-21-18-6-2-3-14-7-8-16-9-11-19-17-5-1-4-15-10-12-20(22)27-28(21)29(24(14)18)25(16)26(19)30(27)23(15)17/h1-13H. The minimum Gasteiger partial charge on any atom is -0.0610 e. The predicted octanol–water partition coefficient (Wildman–Crippen LogP) is 9.43. The highest BCUT2D eigenvalue weighted by atomic mass is 79.9. The molecule has 140 valence electrons. The van der Waals surface area contributed by atoms with E-state index in [0.717, 1.165) is 0 Å². The summed E-state index contributed by atoms with van der Waals surface area (Å²) in [5.74, 6) is 0. The fourth-order valence-electron chi connectivity index (χ4n) is 6.60. The van der Waals surface area contributed by atoms with Gasteiger partial charge in [0.05, 0.1) is 0 Å². The van der Waals surface area contributed by atoms with E-state index >= 15 is 0 Å². The fourth-order valence-corrected chi connectivity index (χ4v) is 7.16. The van der Waals surface area contributed by atoms with Crippen LogP contribution in [0.5, 0.6) is 0 Å². The van der Waals surface area contributed by atoms with Crippen LogP contribution in [0.4, 0.5) is 0 Å². The molecule has 0 N–H and O–H groups in total. The molecule has 0 fully saturated rings. The van der Waals surface area contributed by atoms with E-state index in [1.165, 1.54) is 90.7 Å². The molecule has 0 saturated heterocycles. The third kappa shape index (κ3) is 1.50. The van der Waals surface area contributed by atoms with Crippen molar-refractivity contribution in [3.63, 3.8) is 0 Å². The largest absolute Gasteiger partial charge is 0.0610 e. The predicted molar refractivity (Wildman–Crippen MR) is 139 cm³/mol. The first kappa shape index (κ1) is 15.4. The topological polar surface area (TPSA) is 0 Å². The summed E-state index contributed by atoms with van der Waals surface area (Å²) in [6.45, 7) is 0. The van der Waals surface area contributed by atoms with Crippen LogP contribution in [0.25, 0.3) is 86.2 Å². The molecule has 0 atom stereocenters. The quantitative estimate of drug-likeness (QED) is 0.201. The van der Waals surface area contributed by atoms with E-state index < -0.39 is 0 Å². The molecule has 0 amide bonds. The van der Waals surface area contributed by atoms with Crippen molar-refractivity contribution in [2.45, 2.75) is 0 Å². The Hall–Kier alpha value is -3.42. The summed E-state index contributed by atoms with van der Waals surface area (Å²) in [4.78, 5) is 0. The Bertz CT molecular complexity index is 2150. The minimum atomic E-state index is 1.18. The molecule has 9 aromatic rings. The van der Waals surface area contributed by atoms with E-state index in [1.54, 1.807) is 0 Å². The molecule has 0 spiro atoms. The van der Waals surface area contributed by atoms with Gasteiger partial charge in [0, 0.05) is 4.47 Å². The molecule has 0 unspecified atom stereocenters. The van der Waals surface area contributed by atoms with E-state index in [9.17, 15) is 0 Å². The highest BCUT2D eigenvalue weighted by Crippen LogP contribution is 2.55. The number of hydrogen-bond acceptors (Lipinski definition) is 0. The van der Waals surface area contributed by atoms with Gasteiger partial charge in [0.2, 0.25) is 0 Å². The summed E-state index contributed by atoms with van der Waals surface area (Å²) in [6.07, 6.45) is 0. The van der Waals surface area contributed by atoms with Crippen molar-refractivity contribution in [1.82, 2.24) is 0 Å². The molecule has 0 aliphatic rings. The molecule has 0 aliphatic carbocycles. The normalized spacial score (nSPS) is 13.3. The van der Waals surface area contributed by atoms with Gasteiger partial charge in [-0.25, -0.2) is 0 Å². The molecular weight excluding hydrogens is 440 g/mol. The van der Waals surface area contributed by atoms with Gasteiger partial charge in [0.1, 0.15) is 0 Å². The first-order valence-electron chi connectivity index (χ1n) is 10.7. The van der Waals surface area contributed by atoms with E-state index in [4.69, 9.17) is 0 Å². The summed E-state index contributed by atoms with van der Waals surface area (Å²) in [5, 5.41) is 22.2. The van der Waals surface area contributed by atoms with Gasteiger partial charge in [0.15, 0.2) is 0 Å². The lowest BCUT2D eigenvalue weighted by Crippen LogP contribution is -1.82. The van der Waals surface area contributed by atoms with Crippen molar-refractivity contribution in [3.05, 3.63) is 83.3 Å². The van der Waals surface area contributed by atoms with Gasteiger partial charge in [-0.3, -0.25) is 0 Å². The van der Waals surface area contributed by atoms with Crippen molar-refractivity contribution in [2.24, 2.45) is 0 Å². The van der Waals surface area contributed by atoms with Gasteiger partial charge in [-0.1, -0.05) is 88.7 Å². The Morgan fingerprint density at radius 3 is 1.58 bits per heavy atom. The molecule has 0 nitrogen and oxygen atoms in total. The van der Waals surface area contributed by atoms with E-state index in [2.05, 4.69) is 94.8 Å². The van der Waals surface area contributed by atoms with E-state index in [1.807, 2.05) is 0 Å². The first-order chi connectivity index (χ1) is 15.3. The maximum Gasteiger partial charge on any atom is 0.0260 e. The van der Waals surface area contributed by atoms with E-state index in [0.29, 0.717) is 0 Å². The fraction of sp³-hybridized carbons (Fsp3) is 0. The molecule has 0 aromatic heterocycles. The minimum absolute atomic E-state index is 1.18. The summed E-state index contributed by atoms with van der Waals surface area (Å²) in [7, 11) is 0. The van der Waals surface area contributed by atoms with Crippen molar-refractivity contribution in [1.29, 1.82) is 0 Å². The third-order valence-corrected chi connectivity index (χ3v) is 8.36. The molecule has 0 aliphatic heterocycles. The van der Waals surface area contributed by atoms with E-state index in [-0.39, 0.29) is 0 Å². The summed E-state index contributed by atoms with van der Waals surface area (Å²) >= 11 is 3.95. The van der Waals surface area contributed by atoms with Crippen molar-refractivity contribution < 1.29 is 0 Å². The van der Waals surface area contributed by atoms with Crippen molar-refractivity contribution in [3.8, 4) is 0 Å². The second kappa shape index (κ2) is 4.74. The van der Waals surface area contributed by atoms with Crippen LogP contribution in [0.2, 0.25) is 0 Å². The third-order valence-electron chi connectivity index (χ3n) is 7.70. The lowest BCUT2D eigenvalue weighted by molar-refractivity contribution is 1.84. The molecule has 0 radical (unpaired) electrons. The summed E-state index contributed by atoms with van der Waals surface area (Å²) in [5.41, 5.74) is 0. The van der Waals surface area contributed by atoms with Gasteiger partial charge < -0.3 is 0 Å². The van der Waals surface area contributed by atoms with Crippen LogP contribution in [-0.2, 0) is 0 Å². The molecule has 0 heterocycles. The Kier molecular flexibility index (Phi) is 2.35. The maximum absolute atomic E-state index is 3.95. The van der Waals surface area contributed by atoms with Crippen LogP contribution in [0.1, 0.15) is 0 Å². The van der Waals surface area contributed by atoms with Gasteiger partial charge >= 0.3 is 0 Å². The Balaban J connectivity index is 1.91. The SMILES string of the molecule is Brc1cc2c3cccc4ccc5ccc6c7cccc8ccc1c1c2c(c43)c5c6c1c87. The average Bonchev–Trinajstić information content (AvgIpc) is 3.15. The number of rotatable bonds is 0. The number of halogens is 1.